The van der Waals surface area contributed by atoms with Crippen molar-refractivity contribution in [3.8, 4) is 0 Å². The minimum Gasteiger partial charge on any atom is -0.388 e. The van der Waals surface area contributed by atoms with Crippen molar-refractivity contribution in [2.45, 2.75) is 70.3 Å². The molecule has 0 aromatic carbocycles. The summed E-state index contributed by atoms with van der Waals surface area (Å²) in [6, 6.07) is 0. The lowest BCUT2D eigenvalue weighted by Crippen LogP contribution is -2.45. The van der Waals surface area contributed by atoms with Gasteiger partial charge in [0, 0.05) is 13.0 Å². The van der Waals surface area contributed by atoms with Gasteiger partial charge in [0.05, 0.1) is 5.60 Å². The summed E-state index contributed by atoms with van der Waals surface area (Å²) in [4.78, 5) is 11.7. The van der Waals surface area contributed by atoms with Crippen molar-refractivity contribution >= 4 is 5.91 Å². The number of carbonyl (C=O) groups excluding carboxylic acids is 1. The Morgan fingerprint density at radius 3 is 2.58 bits per heavy atom. The molecule has 4 heteroatoms. The standard InChI is InChI=1S/C15H30N2O2/c1-2-13-7-9-15(19,10-8-13)12-17-14(18)6-4-3-5-11-16/h13,19H,2-12,16H2,1H3,(H,17,18). The Balaban J connectivity index is 2.15. The topological polar surface area (TPSA) is 75.3 Å². The number of aliphatic hydroxyl groups is 1. The Kier molecular flexibility index (Phi) is 7.39. The number of amides is 1. The molecule has 0 atom stereocenters. The van der Waals surface area contributed by atoms with Gasteiger partial charge < -0.3 is 16.2 Å². The minimum atomic E-state index is -0.668. The van der Waals surface area contributed by atoms with Crippen molar-refractivity contribution in [3.63, 3.8) is 0 Å². The van der Waals surface area contributed by atoms with Crippen LogP contribution in [0.2, 0.25) is 0 Å². The largest absolute Gasteiger partial charge is 0.388 e. The summed E-state index contributed by atoms with van der Waals surface area (Å²) in [5, 5.41) is 13.3. The smallest absolute Gasteiger partial charge is 0.220 e. The van der Waals surface area contributed by atoms with E-state index in [1.165, 1.54) is 6.42 Å². The summed E-state index contributed by atoms with van der Waals surface area (Å²) in [6.07, 6.45) is 8.43. The molecule has 0 aromatic heterocycles. The highest BCUT2D eigenvalue weighted by Gasteiger charge is 2.32. The van der Waals surface area contributed by atoms with E-state index < -0.39 is 5.60 Å². The van der Waals surface area contributed by atoms with E-state index in [2.05, 4.69) is 12.2 Å². The van der Waals surface area contributed by atoms with E-state index in [0.29, 0.717) is 19.5 Å². The molecule has 0 unspecified atom stereocenters. The molecule has 0 bridgehead atoms. The molecule has 0 spiro atoms. The molecule has 1 aliphatic carbocycles. The average Bonchev–Trinajstić information content (AvgIpc) is 2.42. The van der Waals surface area contributed by atoms with Gasteiger partial charge in [-0.05, 0) is 51.0 Å². The molecule has 1 saturated carbocycles. The Hall–Kier alpha value is -0.610. The maximum absolute atomic E-state index is 11.7. The molecular weight excluding hydrogens is 240 g/mol. The first-order valence-electron chi connectivity index (χ1n) is 7.79. The fourth-order valence-electron chi connectivity index (χ4n) is 2.76. The summed E-state index contributed by atoms with van der Waals surface area (Å²) < 4.78 is 0. The number of unbranched alkanes of at least 4 members (excludes halogenated alkanes) is 2. The molecular formula is C15H30N2O2. The second kappa shape index (κ2) is 8.54. The monoisotopic (exact) mass is 270 g/mol. The molecule has 1 amide bonds. The molecule has 112 valence electrons. The van der Waals surface area contributed by atoms with Crippen molar-refractivity contribution < 1.29 is 9.90 Å². The van der Waals surface area contributed by atoms with Crippen LogP contribution in [0.5, 0.6) is 0 Å². The summed E-state index contributed by atoms with van der Waals surface area (Å²) in [5.41, 5.74) is 4.74. The van der Waals surface area contributed by atoms with Gasteiger partial charge in [0.15, 0.2) is 0 Å². The lowest BCUT2D eigenvalue weighted by atomic mass is 9.78. The highest BCUT2D eigenvalue weighted by atomic mass is 16.3. The number of rotatable bonds is 8. The van der Waals surface area contributed by atoms with Gasteiger partial charge in [-0.25, -0.2) is 0 Å². The quantitative estimate of drug-likeness (QED) is 0.590. The van der Waals surface area contributed by atoms with E-state index >= 15 is 0 Å². The zero-order chi connectivity index (χ0) is 14.1. The van der Waals surface area contributed by atoms with Crippen molar-refractivity contribution in [1.82, 2.24) is 5.32 Å². The number of nitrogens with two attached hydrogens (primary N) is 1. The first-order valence-corrected chi connectivity index (χ1v) is 7.79. The fraction of sp³-hybridized carbons (Fsp3) is 0.933. The van der Waals surface area contributed by atoms with Gasteiger partial charge in [-0.15, -0.1) is 0 Å². The zero-order valence-electron chi connectivity index (χ0n) is 12.3. The second-order valence-electron chi connectivity index (χ2n) is 5.95. The number of nitrogens with one attached hydrogen (secondary N) is 1. The maximum Gasteiger partial charge on any atom is 0.220 e. The number of carbonyl (C=O) groups is 1. The zero-order valence-corrected chi connectivity index (χ0v) is 12.3. The van der Waals surface area contributed by atoms with Crippen molar-refractivity contribution in [1.29, 1.82) is 0 Å². The third-order valence-corrected chi connectivity index (χ3v) is 4.34. The van der Waals surface area contributed by atoms with E-state index in [1.54, 1.807) is 0 Å². The van der Waals surface area contributed by atoms with Crippen LogP contribution in [0.25, 0.3) is 0 Å². The molecule has 1 rings (SSSR count). The van der Waals surface area contributed by atoms with Crippen LogP contribution in [-0.4, -0.2) is 29.7 Å². The molecule has 0 heterocycles. The molecule has 0 radical (unpaired) electrons. The van der Waals surface area contributed by atoms with Crippen LogP contribution in [0.15, 0.2) is 0 Å². The van der Waals surface area contributed by atoms with Crippen LogP contribution in [-0.2, 0) is 4.79 Å². The molecule has 1 aliphatic rings. The van der Waals surface area contributed by atoms with Gasteiger partial charge in [0.2, 0.25) is 5.91 Å². The molecule has 0 aromatic rings. The van der Waals surface area contributed by atoms with Crippen molar-refractivity contribution in [2.24, 2.45) is 11.7 Å². The molecule has 4 N–H and O–H groups in total. The van der Waals surface area contributed by atoms with Crippen LogP contribution in [0.1, 0.15) is 64.7 Å². The molecule has 19 heavy (non-hydrogen) atoms. The Labute approximate surface area is 117 Å². The normalized spacial score (nSPS) is 27.2. The van der Waals surface area contributed by atoms with E-state index in [4.69, 9.17) is 5.73 Å². The lowest BCUT2D eigenvalue weighted by Gasteiger charge is -2.35. The lowest BCUT2D eigenvalue weighted by molar-refractivity contribution is -0.123. The van der Waals surface area contributed by atoms with Crippen LogP contribution < -0.4 is 11.1 Å². The van der Waals surface area contributed by atoms with Crippen molar-refractivity contribution in [2.75, 3.05) is 13.1 Å². The highest BCUT2D eigenvalue weighted by molar-refractivity contribution is 5.75. The molecule has 0 aliphatic heterocycles. The second-order valence-corrected chi connectivity index (χ2v) is 5.95. The van der Waals surface area contributed by atoms with E-state index in [-0.39, 0.29) is 5.91 Å². The fourth-order valence-corrected chi connectivity index (χ4v) is 2.76. The first-order chi connectivity index (χ1) is 9.09. The van der Waals surface area contributed by atoms with Crippen LogP contribution >= 0.6 is 0 Å². The predicted molar refractivity (Wildman–Crippen MR) is 77.7 cm³/mol. The first kappa shape index (κ1) is 16.4. The van der Waals surface area contributed by atoms with Gasteiger partial charge in [-0.3, -0.25) is 4.79 Å². The average molecular weight is 270 g/mol. The van der Waals surface area contributed by atoms with Crippen molar-refractivity contribution in [3.05, 3.63) is 0 Å². The highest BCUT2D eigenvalue weighted by Crippen LogP contribution is 2.33. The number of hydrogen-bond acceptors (Lipinski definition) is 3. The summed E-state index contributed by atoms with van der Waals surface area (Å²) in [5.74, 6) is 0.815. The minimum absolute atomic E-state index is 0.0584. The van der Waals surface area contributed by atoms with Gasteiger partial charge >= 0.3 is 0 Å². The van der Waals surface area contributed by atoms with Crippen LogP contribution in [0.3, 0.4) is 0 Å². The maximum atomic E-state index is 11.7. The Morgan fingerprint density at radius 1 is 1.32 bits per heavy atom. The van der Waals surface area contributed by atoms with E-state index in [1.807, 2.05) is 0 Å². The van der Waals surface area contributed by atoms with Gasteiger partial charge in [-0.2, -0.15) is 0 Å². The van der Waals surface area contributed by atoms with E-state index in [9.17, 15) is 9.90 Å². The summed E-state index contributed by atoms with van der Waals surface area (Å²) in [7, 11) is 0. The third-order valence-electron chi connectivity index (χ3n) is 4.34. The van der Waals surface area contributed by atoms with Gasteiger partial charge in [0.25, 0.3) is 0 Å². The summed E-state index contributed by atoms with van der Waals surface area (Å²) >= 11 is 0. The Bertz CT molecular complexity index is 261. The molecule has 1 fully saturated rings. The summed E-state index contributed by atoms with van der Waals surface area (Å²) in [6.45, 7) is 3.32. The number of hydrogen-bond donors (Lipinski definition) is 3. The van der Waals surface area contributed by atoms with Gasteiger partial charge in [0.1, 0.15) is 0 Å². The SMILES string of the molecule is CCC1CCC(O)(CNC(=O)CCCCCN)CC1. The Morgan fingerprint density at radius 2 is 2.00 bits per heavy atom. The van der Waals surface area contributed by atoms with Gasteiger partial charge in [-0.1, -0.05) is 19.8 Å². The van der Waals surface area contributed by atoms with E-state index in [0.717, 1.165) is 50.9 Å². The molecule has 4 nitrogen and oxygen atoms in total. The predicted octanol–water partition coefficient (Wildman–Crippen LogP) is 1.95. The third kappa shape index (κ3) is 6.39. The van der Waals surface area contributed by atoms with Crippen LogP contribution in [0, 0.1) is 5.92 Å². The molecule has 0 saturated heterocycles. The van der Waals surface area contributed by atoms with Crippen LogP contribution in [0.4, 0.5) is 0 Å².